The fourth-order valence-corrected chi connectivity index (χ4v) is 4.54. The zero-order chi connectivity index (χ0) is 29.5. The second kappa shape index (κ2) is 10.5. The van der Waals surface area contributed by atoms with Crippen LogP contribution in [0, 0.1) is 12.7 Å². The third-order valence-corrected chi connectivity index (χ3v) is 6.77. The molecule has 0 fully saturated rings. The molecule has 1 aliphatic rings. The maximum absolute atomic E-state index is 15.1. The molecular weight excluding hydrogens is 525 g/mol. The highest BCUT2D eigenvalue weighted by molar-refractivity contribution is 6.06. The van der Waals surface area contributed by atoms with Crippen LogP contribution >= 0.6 is 0 Å². The van der Waals surface area contributed by atoms with E-state index in [9.17, 15) is 9.59 Å². The molecule has 2 aromatic carbocycles. The molecule has 1 aliphatic heterocycles. The number of halogens is 1. The standard InChI is InChI=1S/C29H32FN9O2/c1-17-12-20(30)21(13-22(17)38-16-18-15-32-26(31-5)35-25(18)37(6)28(38)41)33-27(40)34-24-14-23(29(2,3)4)36-39(24)19-10-8-7-9-11-19/h7-15H,16H2,1-6H3,(H,31,32,35)(H2,33,34,40). The lowest BCUT2D eigenvalue weighted by atomic mass is 9.92. The average Bonchev–Trinajstić information content (AvgIpc) is 3.37. The number of aromatic nitrogens is 4. The molecule has 3 heterocycles. The Bertz CT molecular complexity index is 1630. The molecule has 4 amide bonds. The summed E-state index contributed by atoms with van der Waals surface area (Å²) in [4.78, 5) is 38.0. The number of carbonyl (C=O) groups is 2. The fraction of sp³-hybridized carbons (Fsp3) is 0.276. The van der Waals surface area contributed by atoms with Gasteiger partial charge < -0.3 is 10.6 Å². The van der Waals surface area contributed by atoms with Gasteiger partial charge in [0, 0.05) is 37.3 Å². The number of urea groups is 2. The van der Waals surface area contributed by atoms with Crippen LogP contribution in [0.2, 0.25) is 0 Å². The Balaban J connectivity index is 1.42. The molecule has 11 nitrogen and oxygen atoms in total. The van der Waals surface area contributed by atoms with Crippen molar-refractivity contribution in [2.75, 3.05) is 39.8 Å². The van der Waals surface area contributed by atoms with Crippen LogP contribution in [0.3, 0.4) is 0 Å². The zero-order valence-corrected chi connectivity index (χ0v) is 23.8. The van der Waals surface area contributed by atoms with Gasteiger partial charge in [0.1, 0.15) is 17.5 Å². The van der Waals surface area contributed by atoms with Crippen molar-refractivity contribution in [3.05, 3.63) is 77.4 Å². The molecule has 4 aromatic rings. The maximum atomic E-state index is 15.1. The lowest BCUT2D eigenvalue weighted by Gasteiger charge is -2.35. The highest BCUT2D eigenvalue weighted by Crippen LogP contribution is 2.34. The van der Waals surface area contributed by atoms with Crippen molar-refractivity contribution in [2.24, 2.45) is 0 Å². The normalized spacial score (nSPS) is 13.2. The SMILES string of the molecule is CNc1ncc2c(n1)N(C)C(=O)N(c1cc(NC(=O)Nc3cc(C(C)(C)C)nn3-c3ccccc3)c(F)cc1C)C2. The number of nitrogens with one attached hydrogen (secondary N) is 3. The van der Waals surface area contributed by atoms with Gasteiger partial charge in [-0.25, -0.2) is 23.6 Å². The quantitative estimate of drug-likeness (QED) is 0.291. The second-order valence-electron chi connectivity index (χ2n) is 10.8. The van der Waals surface area contributed by atoms with Crippen LogP contribution in [0.15, 0.2) is 54.7 Å². The van der Waals surface area contributed by atoms with Crippen LogP contribution in [-0.4, -0.2) is 45.9 Å². The van der Waals surface area contributed by atoms with Crippen LogP contribution in [0.1, 0.15) is 37.6 Å². The molecule has 5 rings (SSSR count). The molecule has 0 saturated heterocycles. The molecular formula is C29H32FN9O2. The molecule has 212 valence electrons. The Morgan fingerprint density at radius 2 is 1.80 bits per heavy atom. The van der Waals surface area contributed by atoms with E-state index in [1.165, 1.54) is 21.9 Å². The summed E-state index contributed by atoms with van der Waals surface area (Å²) in [5, 5.41) is 13.0. The summed E-state index contributed by atoms with van der Waals surface area (Å²) in [6.07, 6.45) is 1.65. The first-order chi connectivity index (χ1) is 19.5. The van der Waals surface area contributed by atoms with E-state index in [1.54, 1.807) is 38.0 Å². The fourth-order valence-electron chi connectivity index (χ4n) is 4.54. The van der Waals surface area contributed by atoms with Gasteiger partial charge in [0.05, 0.1) is 29.3 Å². The Hall–Kier alpha value is -5.00. The van der Waals surface area contributed by atoms with E-state index in [2.05, 4.69) is 25.9 Å². The summed E-state index contributed by atoms with van der Waals surface area (Å²) < 4.78 is 16.7. The number of rotatable bonds is 5. The van der Waals surface area contributed by atoms with Crippen molar-refractivity contribution in [2.45, 2.75) is 39.7 Å². The minimum absolute atomic E-state index is 0.0760. The second-order valence-corrected chi connectivity index (χ2v) is 10.8. The van der Waals surface area contributed by atoms with E-state index < -0.39 is 11.8 Å². The highest BCUT2D eigenvalue weighted by atomic mass is 19.1. The van der Waals surface area contributed by atoms with Crippen molar-refractivity contribution < 1.29 is 14.0 Å². The number of nitrogens with zero attached hydrogens (tertiary/aromatic N) is 6. The number of hydrogen-bond donors (Lipinski definition) is 3. The molecule has 3 N–H and O–H groups in total. The molecule has 0 radical (unpaired) electrons. The average molecular weight is 558 g/mol. The van der Waals surface area contributed by atoms with Gasteiger partial charge in [-0.15, -0.1) is 0 Å². The summed E-state index contributed by atoms with van der Waals surface area (Å²) in [5.74, 6) is 0.689. The lowest BCUT2D eigenvalue weighted by Crippen LogP contribution is -2.46. The predicted molar refractivity (Wildman–Crippen MR) is 158 cm³/mol. The first-order valence-electron chi connectivity index (χ1n) is 13.1. The van der Waals surface area contributed by atoms with Gasteiger partial charge in [0.25, 0.3) is 0 Å². The topological polar surface area (TPSA) is 120 Å². The number of aryl methyl sites for hydroxylation is 1. The maximum Gasteiger partial charge on any atom is 0.330 e. The van der Waals surface area contributed by atoms with Gasteiger partial charge in [-0.1, -0.05) is 39.0 Å². The van der Waals surface area contributed by atoms with Gasteiger partial charge in [-0.2, -0.15) is 10.1 Å². The van der Waals surface area contributed by atoms with Crippen molar-refractivity contribution in [3.63, 3.8) is 0 Å². The number of carbonyl (C=O) groups excluding carboxylic acids is 2. The minimum atomic E-state index is -0.656. The van der Waals surface area contributed by atoms with E-state index in [4.69, 9.17) is 5.10 Å². The Labute approximate surface area is 237 Å². The summed E-state index contributed by atoms with van der Waals surface area (Å²) in [6, 6.07) is 13.0. The van der Waals surface area contributed by atoms with Crippen LogP contribution in [0.5, 0.6) is 0 Å². The number of anilines is 5. The van der Waals surface area contributed by atoms with E-state index in [1.807, 2.05) is 51.1 Å². The van der Waals surface area contributed by atoms with E-state index in [-0.39, 0.29) is 23.7 Å². The summed E-state index contributed by atoms with van der Waals surface area (Å²) >= 11 is 0. The predicted octanol–water partition coefficient (Wildman–Crippen LogP) is 5.67. The first-order valence-corrected chi connectivity index (χ1v) is 13.1. The van der Waals surface area contributed by atoms with Crippen molar-refractivity contribution in [1.29, 1.82) is 0 Å². The van der Waals surface area contributed by atoms with Crippen molar-refractivity contribution >= 4 is 41.0 Å². The van der Waals surface area contributed by atoms with Crippen LogP contribution in [0.4, 0.5) is 42.9 Å². The third kappa shape index (κ3) is 5.40. The first kappa shape index (κ1) is 27.6. The molecule has 0 aliphatic carbocycles. The summed E-state index contributed by atoms with van der Waals surface area (Å²) in [6.45, 7) is 7.98. The Kier molecular flexibility index (Phi) is 7.08. The molecule has 41 heavy (non-hydrogen) atoms. The van der Waals surface area contributed by atoms with Crippen molar-refractivity contribution in [3.8, 4) is 5.69 Å². The monoisotopic (exact) mass is 557 g/mol. The van der Waals surface area contributed by atoms with Gasteiger partial charge in [-0.3, -0.25) is 15.1 Å². The smallest absolute Gasteiger partial charge is 0.330 e. The number of benzene rings is 2. The number of hydrogen-bond acceptors (Lipinski definition) is 6. The Morgan fingerprint density at radius 3 is 2.49 bits per heavy atom. The Morgan fingerprint density at radius 1 is 1.07 bits per heavy atom. The lowest BCUT2D eigenvalue weighted by molar-refractivity contribution is 0.251. The molecule has 12 heteroatoms. The third-order valence-electron chi connectivity index (χ3n) is 6.77. The van der Waals surface area contributed by atoms with Gasteiger partial charge in [0.15, 0.2) is 0 Å². The van der Waals surface area contributed by atoms with E-state index in [0.29, 0.717) is 28.8 Å². The van der Waals surface area contributed by atoms with Crippen molar-refractivity contribution in [1.82, 2.24) is 19.7 Å². The highest BCUT2D eigenvalue weighted by Gasteiger charge is 2.32. The van der Waals surface area contributed by atoms with Gasteiger partial charge in [-0.05, 0) is 36.8 Å². The van der Waals surface area contributed by atoms with E-state index >= 15 is 4.39 Å². The molecule has 0 saturated carbocycles. The van der Waals surface area contributed by atoms with Crippen LogP contribution in [0.25, 0.3) is 5.69 Å². The summed E-state index contributed by atoms with van der Waals surface area (Å²) in [5.41, 5.74) is 2.91. The number of amides is 4. The largest absolute Gasteiger partial charge is 0.357 e. The molecule has 0 unspecified atom stereocenters. The molecule has 0 bridgehead atoms. The molecule has 0 spiro atoms. The van der Waals surface area contributed by atoms with Gasteiger partial charge in [0.2, 0.25) is 5.95 Å². The van der Waals surface area contributed by atoms with E-state index in [0.717, 1.165) is 16.9 Å². The number of para-hydroxylation sites is 1. The summed E-state index contributed by atoms with van der Waals surface area (Å²) in [7, 11) is 3.32. The molecule has 2 aromatic heterocycles. The van der Waals surface area contributed by atoms with Gasteiger partial charge >= 0.3 is 12.1 Å². The van der Waals surface area contributed by atoms with Crippen LogP contribution in [-0.2, 0) is 12.0 Å². The minimum Gasteiger partial charge on any atom is -0.357 e. The number of fused-ring (bicyclic) bond motifs is 1. The zero-order valence-electron chi connectivity index (χ0n) is 23.8. The molecule has 0 atom stereocenters. The van der Waals surface area contributed by atoms with Crippen LogP contribution < -0.4 is 25.8 Å².